The Kier molecular flexibility index (Phi) is 4.43. The summed E-state index contributed by atoms with van der Waals surface area (Å²) in [7, 11) is 1.79. The zero-order valence-electron chi connectivity index (χ0n) is 14.0. The molecular formula is C19H22FNO3. The third-order valence-electron chi connectivity index (χ3n) is 5.21. The van der Waals surface area contributed by atoms with E-state index in [-0.39, 0.29) is 11.3 Å². The number of benzene rings is 1. The minimum absolute atomic E-state index is 0.0397. The Balaban J connectivity index is 2.08. The van der Waals surface area contributed by atoms with E-state index in [0.717, 1.165) is 25.7 Å². The van der Waals surface area contributed by atoms with Gasteiger partial charge in [0, 0.05) is 24.1 Å². The molecule has 1 atom stereocenters. The van der Waals surface area contributed by atoms with Gasteiger partial charge in [-0.3, -0.25) is 9.59 Å². The minimum Gasteiger partial charge on any atom is -0.481 e. The molecule has 1 aromatic heterocycles. The third-order valence-corrected chi connectivity index (χ3v) is 5.21. The van der Waals surface area contributed by atoms with Gasteiger partial charge < -0.3 is 9.67 Å². The summed E-state index contributed by atoms with van der Waals surface area (Å²) in [4.78, 5) is 23.4. The first-order valence-electron chi connectivity index (χ1n) is 8.40. The van der Waals surface area contributed by atoms with Crippen LogP contribution in [-0.2, 0) is 11.8 Å². The maximum atomic E-state index is 14.3. The highest BCUT2D eigenvalue weighted by molar-refractivity contribution is 5.99. The summed E-state index contributed by atoms with van der Waals surface area (Å²) in [5.74, 6) is -2.02. The predicted molar refractivity (Wildman–Crippen MR) is 89.8 cm³/mol. The highest BCUT2D eigenvalue weighted by Gasteiger charge is 2.29. The lowest BCUT2D eigenvalue weighted by atomic mass is 9.87. The number of ketones is 1. The van der Waals surface area contributed by atoms with Gasteiger partial charge >= 0.3 is 5.97 Å². The fourth-order valence-electron chi connectivity index (χ4n) is 3.92. The number of Topliss-reactive ketones (excluding diaryl/α,β-unsaturated/α-hetero) is 1. The van der Waals surface area contributed by atoms with E-state index in [1.807, 2.05) is 0 Å². The molecule has 1 unspecified atom stereocenters. The number of aliphatic carboxylic acids is 1. The topological polar surface area (TPSA) is 59.3 Å². The minimum atomic E-state index is -0.870. The molecular weight excluding hydrogens is 309 g/mol. The van der Waals surface area contributed by atoms with Crippen LogP contribution in [0.2, 0.25) is 0 Å². The molecule has 3 rings (SSSR count). The average Bonchev–Trinajstić information content (AvgIpc) is 3.12. The number of fused-ring (bicyclic) bond motifs is 1. The summed E-state index contributed by atoms with van der Waals surface area (Å²) in [6.45, 7) is 1.33. The van der Waals surface area contributed by atoms with Crippen LogP contribution in [0.5, 0.6) is 0 Å². The number of hydrogen-bond donors (Lipinski definition) is 1. The van der Waals surface area contributed by atoms with Crippen molar-refractivity contribution < 1.29 is 19.1 Å². The van der Waals surface area contributed by atoms with Gasteiger partial charge in [0.15, 0.2) is 5.78 Å². The van der Waals surface area contributed by atoms with Crippen LogP contribution in [0, 0.1) is 11.7 Å². The lowest BCUT2D eigenvalue weighted by molar-refractivity contribution is -0.139. The number of carbonyl (C=O) groups is 2. The van der Waals surface area contributed by atoms with Crippen LogP contribution in [0.1, 0.15) is 60.9 Å². The largest absolute Gasteiger partial charge is 0.481 e. The lowest BCUT2D eigenvalue weighted by Crippen LogP contribution is -2.15. The number of nitrogens with zero attached hydrogens (tertiary/aromatic N) is 1. The van der Waals surface area contributed by atoms with E-state index in [1.54, 1.807) is 17.8 Å². The number of aryl methyl sites for hydroxylation is 1. The van der Waals surface area contributed by atoms with Crippen LogP contribution in [0.3, 0.4) is 0 Å². The monoisotopic (exact) mass is 331 g/mol. The fourth-order valence-corrected chi connectivity index (χ4v) is 3.92. The number of aromatic nitrogens is 1. The molecule has 1 aliphatic rings. The van der Waals surface area contributed by atoms with Gasteiger partial charge in [0.2, 0.25) is 0 Å². The number of hydrogen-bond acceptors (Lipinski definition) is 2. The summed E-state index contributed by atoms with van der Waals surface area (Å²) in [6.07, 6.45) is 6.80. The molecule has 4 nitrogen and oxygen atoms in total. The molecule has 1 heterocycles. The molecule has 0 radical (unpaired) electrons. The number of carbonyl (C=O) groups excluding carboxylic acids is 1. The van der Waals surface area contributed by atoms with Crippen molar-refractivity contribution in [2.75, 3.05) is 0 Å². The van der Waals surface area contributed by atoms with Gasteiger partial charge in [-0.2, -0.15) is 0 Å². The zero-order chi connectivity index (χ0) is 17.4. The van der Waals surface area contributed by atoms with E-state index >= 15 is 0 Å². The summed E-state index contributed by atoms with van der Waals surface area (Å²) in [5.41, 5.74) is 1.37. The first kappa shape index (κ1) is 16.7. The van der Waals surface area contributed by atoms with Crippen LogP contribution in [0.4, 0.5) is 4.39 Å². The molecule has 0 saturated heterocycles. The molecule has 0 amide bonds. The quantitative estimate of drug-likeness (QED) is 0.832. The first-order valence-corrected chi connectivity index (χ1v) is 8.40. The maximum Gasteiger partial charge on any atom is 0.311 e. The maximum absolute atomic E-state index is 14.3. The lowest BCUT2D eigenvalue weighted by Gasteiger charge is -2.16. The van der Waals surface area contributed by atoms with E-state index in [2.05, 4.69) is 0 Å². The van der Waals surface area contributed by atoms with Gasteiger partial charge in [0.05, 0.1) is 11.5 Å². The van der Waals surface area contributed by atoms with Crippen LogP contribution in [0.25, 0.3) is 10.9 Å². The van der Waals surface area contributed by atoms with Crippen molar-refractivity contribution >= 4 is 22.7 Å². The second kappa shape index (κ2) is 6.38. The summed E-state index contributed by atoms with van der Waals surface area (Å²) >= 11 is 0. The Labute approximate surface area is 140 Å². The molecule has 1 N–H and O–H groups in total. The fraction of sp³-hybridized carbons (Fsp3) is 0.474. The van der Waals surface area contributed by atoms with E-state index in [0.29, 0.717) is 28.8 Å². The molecule has 5 heteroatoms. The summed E-state index contributed by atoms with van der Waals surface area (Å²) in [6, 6.07) is 2.83. The van der Waals surface area contributed by atoms with Crippen molar-refractivity contribution in [3.8, 4) is 0 Å². The number of rotatable bonds is 5. The van der Waals surface area contributed by atoms with Gasteiger partial charge in [-0.05, 0) is 37.0 Å². The van der Waals surface area contributed by atoms with Crippen LogP contribution in [-0.4, -0.2) is 21.4 Å². The van der Waals surface area contributed by atoms with Crippen molar-refractivity contribution in [2.45, 2.75) is 44.9 Å². The highest BCUT2D eigenvalue weighted by Crippen LogP contribution is 2.37. The van der Waals surface area contributed by atoms with Gasteiger partial charge in [0.25, 0.3) is 0 Å². The van der Waals surface area contributed by atoms with Crippen molar-refractivity contribution in [3.63, 3.8) is 0 Å². The Morgan fingerprint density at radius 1 is 1.33 bits per heavy atom. The van der Waals surface area contributed by atoms with Crippen LogP contribution in [0.15, 0.2) is 18.3 Å². The molecule has 1 saturated carbocycles. The van der Waals surface area contributed by atoms with Gasteiger partial charge in [-0.15, -0.1) is 0 Å². The van der Waals surface area contributed by atoms with Gasteiger partial charge in [-0.1, -0.05) is 25.7 Å². The third kappa shape index (κ3) is 2.95. The standard InChI is InChI=1S/C19H22FNO3/c1-11(22)13-9-18-14(8-17(13)20)16(10-21(18)2)15(19(23)24)7-12-5-3-4-6-12/h8-10,12,15H,3-7H2,1-2H3,(H,23,24). The molecule has 24 heavy (non-hydrogen) atoms. The predicted octanol–water partition coefficient (Wildman–Crippen LogP) is 4.27. The molecule has 0 aliphatic heterocycles. The second-order valence-electron chi connectivity index (χ2n) is 6.88. The van der Waals surface area contributed by atoms with E-state index in [1.165, 1.54) is 19.1 Å². The van der Waals surface area contributed by atoms with Crippen molar-refractivity contribution in [1.29, 1.82) is 0 Å². The number of carboxylic acid groups (broad SMARTS) is 1. The molecule has 1 aliphatic carbocycles. The Morgan fingerprint density at radius 2 is 2.00 bits per heavy atom. The van der Waals surface area contributed by atoms with Gasteiger partial charge in [-0.25, -0.2) is 4.39 Å². The van der Waals surface area contributed by atoms with Crippen molar-refractivity contribution in [1.82, 2.24) is 4.57 Å². The summed E-state index contributed by atoms with van der Waals surface area (Å²) in [5, 5.41) is 10.3. The SMILES string of the molecule is CC(=O)c1cc2c(cc1F)c(C(CC1CCCC1)C(=O)O)cn2C. The van der Waals surface area contributed by atoms with Crippen LogP contribution < -0.4 is 0 Å². The second-order valence-corrected chi connectivity index (χ2v) is 6.88. The van der Waals surface area contributed by atoms with Crippen molar-refractivity contribution in [3.05, 3.63) is 35.3 Å². The average molecular weight is 331 g/mol. The van der Waals surface area contributed by atoms with Crippen LogP contribution >= 0.6 is 0 Å². The van der Waals surface area contributed by atoms with Crippen molar-refractivity contribution in [2.24, 2.45) is 13.0 Å². The number of halogens is 1. The Bertz CT molecular complexity index is 803. The Hall–Kier alpha value is -2.17. The molecule has 1 fully saturated rings. The summed E-state index contributed by atoms with van der Waals surface area (Å²) < 4.78 is 16.0. The number of carboxylic acids is 1. The molecule has 2 aromatic rings. The van der Waals surface area contributed by atoms with E-state index < -0.39 is 17.7 Å². The van der Waals surface area contributed by atoms with E-state index in [9.17, 15) is 19.1 Å². The normalized spacial score (nSPS) is 16.6. The molecule has 128 valence electrons. The molecule has 1 aromatic carbocycles. The Morgan fingerprint density at radius 3 is 2.58 bits per heavy atom. The smallest absolute Gasteiger partial charge is 0.311 e. The van der Waals surface area contributed by atoms with Gasteiger partial charge in [0.1, 0.15) is 5.82 Å². The molecule has 0 spiro atoms. The first-order chi connectivity index (χ1) is 11.4. The van der Waals surface area contributed by atoms with E-state index in [4.69, 9.17) is 0 Å². The molecule has 0 bridgehead atoms. The zero-order valence-corrected chi connectivity index (χ0v) is 14.0. The highest BCUT2D eigenvalue weighted by atomic mass is 19.1.